The van der Waals surface area contributed by atoms with Crippen LogP contribution in [0, 0.1) is 6.92 Å². The number of sulfonamides is 1. The Morgan fingerprint density at radius 3 is 2.40 bits per heavy atom. The van der Waals surface area contributed by atoms with Crippen LogP contribution in [0.4, 0.5) is 18.9 Å². The van der Waals surface area contributed by atoms with E-state index in [1.807, 2.05) is 0 Å². The summed E-state index contributed by atoms with van der Waals surface area (Å²) < 4.78 is 70.9. The van der Waals surface area contributed by atoms with Gasteiger partial charge in [-0.25, -0.2) is 8.42 Å². The number of rotatable bonds is 5. The highest BCUT2D eigenvalue weighted by Crippen LogP contribution is 2.36. The number of ether oxygens (including phenoxy) is 1. The van der Waals surface area contributed by atoms with Crippen LogP contribution in [-0.2, 0) is 16.2 Å². The van der Waals surface area contributed by atoms with Gasteiger partial charge in [0, 0.05) is 5.69 Å². The highest BCUT2D eigenvalue weighted by Gasteiger charge is 2.33. The maximum absolute atomic E-state index is 12.9. The minimum absolute atomic E-state index is 0.0861. The maximum Gasteiger partial charge on any atom is 0.417 e. The Kier molecular flexibility index (Phi) is 5.53. The van der Waals surface area contributed by atoms with Gasteiger partial charge < -0.3 is 4.74 Å². The summed E-state index contributed by atoms with van der Waals surface area (Å²) in [5, 5.41) is -0.507. The van der Waals surface area contributed by atoms with Crippen molar-refractivity contribution < 1.29 is 26.3 Å². The average Bonchev–Trinajstić information content (AvgIpc) is 2.50. The van der Waals surface area contributed by atoms with Gasteiger partial charge in [0.2, 0.25) is 0 Å². The Balaban J connectivity index is 2.35. The number of hydrogen-bond acceptors (Lipinski definition) is 3. The quantitative estimate of drug-likeness (QED) is 0.788. The smallest absolute Gasteiger partial charge is 0.417 e. The van der Waals surface area contributed by atoms with E-state index in [-0.39, 0.29) is 10.6 Å². The third-order valence-electron chi connectivity index (χ3n) is 3.28. The molecular weight excluding hydrogens is 379 g/mol. The van der Waals surface area contributed by atoms with Gasteiger partial charge in [0.05, 0.1) is 22.1 Å². The third kappa shape index (κ3) is 4.58. The molecule has 0 atom stereocenters. The molecule has 2 aromatic carbocycles. The molecule has 0 amide bonds. The van der Waals surface area contributed by atoms with Crippen LogP contribution in [0.3, 0.4) is 0 Å². The van der Waals surface area contributed by atoms with Gasteiger partial charge in [0.15, 0.2) is 0 Å². The van der Waals surface area contributed by atoms with Gasteiger partial charge in [-0.05, 0) is 55.8 Å². The average molecular weight is 394 g/mol. The minimum atomic E-state index is -4.69. The van der Waals surface area contributed by atoms with Crippen LogP contribution >= 0.6 is 11.6 Å². The van der Waals surface area contributed by atoms with E-state index in [9.17, 15) is 21.6 Å². The van der Waals surface area contributed by atoms with Crippen molar-refractivity contribution >= 4 is 27.3 Å². The number of nitrogens with one attached hydrogen (secondary N) is 1. The first-order valence-electron chi connectivity index (χ1n) is 7.17. The first-order valence-corrected chi connectivity index (χ1v) is 9.03. The van der Waals surface area contributed by atoms with Crippen molar-refractivity contribution in [2.45, 2.75) is 24.9 Å². The van der Waals surface area contributed by atoms with Gasteiger partial charge in [-0.3, -0.25) is 4.72 Å². The van der Waals surface area contributed by atoms with Crippen molar-refractivity contribution in [3.63, 3.8) is 0 Å². The van der Waals surface area contributed by atoms with Crippen LogP contribution in [0.15, 0.2) is 41.3 Å². The number of alkyl halides is 3. The highest BCUT2D eigenvalue weighted by atomic mass is 35.5. The van der Waals surface area contributed by atoms with Crippen LogP contribution in [0.2, 0.25) is 5.02 Å². The number of aryl methyl sites for hydroxylation is 1. The summed E-state index contributed by atoms with van der Waals surface area (Å²) >= 11 is 5.53. The third-order valence-corrected chi connectivity index (χ3v) is 4.99. The Morgan fingerprint density at radius 2 is 1.84 bits per heavy atom. The number of hydrogen-bond donors (Lipinski definition) is 1. The fraction of sp³-hybridized carbons (Fsp3) is 0.250. The molecule has 2 aromatic rings. The highest BCUT2D eigenvalue weighted by molar-refractivity contribution is 7.92. The summed E-state index contributed by atoms with van der Waals surface area (Å²) in [6.07, 6.45) is -4.69. The van der Waals surface area contributed by atoms with Crippen molar-refractivity contribution in [3.05, 3.63) is 52.5 Å². The van der Waals surface area contributed by atoms with Crippen LogP contribution in [0.5, 0.6) is 5.75 Å². The predicted octanol–water partition coefficient (Wildman–Crippen LogP) is 4.87. The van der Waals surface area contributed by atoms with Crippen LogP contribution in [0.25, 0.3) is 0 Å². The Bertz CT molecular complexity index is 883. The molecule has 0 unspecified atom stereocenters. The molecule has 0 aliphatic carbocycles. The van der Waals surface area contributed by atoms with Crippen molar-refractivity contribution in [3.8, 4) is 5.75 Å². The van der Waals surface area contributed by atoms with Crippen molar-refractivity contribution in [1.82, 2.24) is 0 Å². The lowest BCUT2D eigenvalue weighted by atomic mass is 10.2. The van der Waals surface area contributed by atoms with Crippen LogP contribution < -0.4 is 9.46 Å². The van der Waals surface area contributed by atoms with Crippen molar-refractivity contribution in [2.75, 3.05) is 11.3 Å². The Labute approximate surface area is 148 Å². The SMILES string of the molecule is CCOc1ccc(S(=O)(=O)Nc2ccc(Cl)c(C(F)(F)F)c2)cc1C. The molecule has 0 bridgehead atoms. The van der Waals surface area contributed by atoms with E-state index in [4.69, 9.17) is 16.3 Å². The van der Waals surface area contributed by atoms with E-state index >= 15 is 0 Å². The molecule has 4 nitrogen and oxygen atoms in total. The predicted molar refractivity (Wildman–Crippen MR) is 89.6 cm³/mol. The zero-order chi connectivity index (χ0) is 18.8. The molecule has 25 heavy (non-hydrogen) atoms. The second-order valence-electron chi connectivity index (χ2n) is 5.16. The van der Waals surface area contributed by atoms with E-state index in [0.29, 0.717) is 24.0 Å². The molecule has 2 rings (SSSR count). The summed E-state index contributed by atoms with van der Waals surface area (Å²) in [4.78, 5) is -0.0861. The molecule has 9 heteroatoms. The Hall–Kier alpha value is -1.93. The van der Waals surface area contributed by atoms with Gasteiger partial charge in [-0.1, -0.05) is 11.6 Å². The van der Waals surface area contributed by atoms with E-state index in [2.05, 4.69) is 4.72 Å². The molecule has 0 saturated carbocycles. The number of benzene rings is 2. The topological polar surface area (TPSA) is 55.4 Å². The van der Waals surface area contributed by atoms with Crippen LogP contribution in [-0.4, -0.2) is 15.0 Å². The maximum atomic E-state index is 12.9. The van der Waals surface area contributed by atoms with Gasteiger partial charge in [-0.2, -0.15) is 13.2 Å². The van der Waals surface area contributed by atoms with E-state index < -0.39 is 26.8 Å². The van der Waals surface area contributed by atoms with Gasteiger partial charge >= 0.3 is 6.18 Å². The Morgan fingerprint density at radius 1 is 1.16 bits per heavy atom. The molecule has 0 heterocycles. The van der Waals surface area contributed by atoms with E-state index in [0.717, 1.165) is 12.1 Å². The number of halogens is 4. The standard InChI is InChI=1S/C16H15ClF3NO3S/c1-3-24-15-7-5-12(8-10(15)2)25(22,23)21-11-4-6-14(17)13(9-11)16(18,19)20/h4-9,21H,3H2,1-2H3. The molecule has 0 radical (unpaired) electrons. The zero-order valence-electron chi connectivity index (χ0n) is 13.3. The first kappa shape index (κ1) is 19.4. The van der Waals surface area contributed by atoms with E-state index in [1.165, 1.54) is 18.2 Å². The molecule has 136 valence electrons. The summed E-state index contributed by atoms with van der Waals surface area (Å²) in [6.45, 7) is 3.90. The summed E-state index contributed by atoms with van der Waals surface area (Å²) in [5.74, 6) is 0.535. The lowest BCUT2D eigenvalue weighted by molar-refractivity contribution is -0.137. The minimum Gasteiger partial charge on any atom is -0.494 e. The molecule has 0 spiro atoms. The molecule has 1 N–H and O–H groups in total. The fourth-order valence-electron chi connectivity index (χ4n) is 2.13. The molecule has 0 aliphatic rings. The van der Waals surface area contributed by atoms with Crippen LogP contribution in [0.1, 0.15) is 18.1 Å². The summed E-state index contributed by atoms with van der Waals surface area (Å²) in [5.41, 5.74) is -0.752. The second-order valence-corrected chi connectivity index (χ2v) is 7.25. The summed E-state index contributed by atoms with van der Waals surface area (Å²) in [7, 11) is -4.06. The molecule has 0 saturated heterocycles. The molecular formula is C16H15ClF3NO3S. The lowest BCUT2D eigenvalue weighted by Crippen LogP contribution is -2.14. The van der Waals surface area contributed by atoms with Crippen molar-refractivity contribution in [2.24, 2.45) is 0 Å². The molecule has 0 fully saturated rings. The first-order chi connectivity index (χ1) is 11.5. The fourth-order valence-corrected chi connectivity index (χ4v) is 3.49. The summed E-state index contributed by atoms with van der Waals surface area (Å²) in [6, 6.07) is 7.01. The number of anilines is 1. The lowest BCUT2D eigenvalue weighted by Gasteiger charge is -2.14. The zero-order valence-corrected chi connectivity index (χ0v) is 14.9. The monoisotopic (exact) mass is 393 g/mol. The van der Waals surface area contributed by atoms with E-state index in [1.54, 1.807) is 13.8 Å². The second kappa shape index (κ2) is 7.13. The normalized spacial score (nSPS) is 12.1. The van der Waals surface area contributed by atoms with Gasteiger partial charge in [0.25, 0.3) is 10.0 Å². The largest absolute Gasteiger partial charge is 0.494 e. The van der Waals surface area contributed by atoms with Gasteiger partial charge in [0.1, 0.15) is 5.75 Å². The van der Waals surface area contributed by atoms with Crippen molar-refractivity contribution in [1.29, 1.82) is 0 Å². The molecule has 0 aliphatic heterocycles. The van der Waals surface area contributed by atoms with Gasteiger partial charge in [-0.15, -0.1) is 0 Å². The molecule has 0 aromatic heterocycles.